The van der Waals surface area contributed by atoms with Crippen molar-refractivity contribution in [2.75, 3.05) is 51.3 Å². The number of aryl methyl sites for hydroxylation is 1. The number of benzene rings is 5. The number of hydrogen-bond donors (Lipinski definition) is 9. The highest BCUT2D eigenvalue weighted by Gasteiger charge is 2.27. The number of carbonyl (C=O) groups excluding carboxylic acids is 3. The van der Waals surface area contributed by atoms with Crippen LogP contribution >= 0.6 is 23.5 Å². The molecule has 5 aromatic carbocycles. The van der Waals surface area contributed by atoms with Gasteiger partial charge in [0.25, 0.3) is 50.6 Å². The number of anilines is 3. The van der Waals surface area contributed by atoms with Crippen molar-refractivity contribution in [2.24, 2.45) is 40.9 Å². The Morgan fingerprint density at radius 1 is 0.574 bits per heavy atom. The third kappa shape index (κ3) is 19.9. The van der Waals surface area contributed by atoms with Gasteiger partial charge in [0.05, 0.1) is 57.0 Å². The summed E-state index contributed by atoms with van der Waals surface area (Å²) in [5, 5.41) is 64.6. The van der Waals surface area contributed by atoms with E-state index in [9.17, 15) is 89.6 Å². The standard InChI is InChI=1S/C53H54N14O20S7/c1-28-9-14-48(94(84,85)86)50-51(28)67-52(58-50)35(27-54)29(2)49(53(67)71)66-63-42-21-36(55-30(3)68)39(24-45(42)87-15-6-18-90(72,73)74)61-64-43-23-38(57-32(5)70)41(26-47(43)89-17-8-20-92(78,79)80)62-65-44-22-37(56-31(4)69)40(25-46(44)88-16-7-19-91(75,76)77)60-59-33-10-12-34(13-11-33)93(81,82)83/h9-14,21-26,71H,6-8,15-20H2,1-5H3,(H,55,68)(H,56,69)(H,57,70)(H,72,73,74)(H,75,76,77)(H,78,79,80)(H,81,82,83)(H,84,85,86). The number of carbonyl (C=O) groups is 3. The molecule has 94 heavy (non-hydrogen) atoms. The van der Waals surface area contributed by atoms with E-state index in [1.165, 1.54) is 68.4 Å². The molecule has 0 bridgehead atoms. The van der Waals surface area contributed by atoms with Gasteiger partial charge in [-0.3, -0.25) is 41.5 Å². The number of rotatable bonds is 28. The maximum atomic E-state index is 12.9. The lowest BCUT2D eigenvalue weighted by Gasteiger charge is -2.14. The summed E-state index contributed by atoms with van der Waals surface area (Å²) in [7, 11) is -22.8. The average Bonchev–Trinajstić information content (AvgIpc) is 1.59. The average molecular weight is 1430 g/mol. The number of imidazole rings is 1. The fourth-order valence-corrected chi connectivity index (χ4v) is 13.3. The number of thioether (sulfide) groups is 2. The maximum Gasteiger partial charge on any atom is 0.296 e. The van der Waals surface area contributed by atoms with Crippen LogP contribution < -0.4 is 20.7 Å². The molecule has 2 aromatic heterocycles. The number of azo groups is 4. The Morgan fingerprint density at radius 3 is 1.48 bits per heavy atom. The van der Waals surface area contributed by atoms with Crippen molar-refractivity contribution in [1.82, 2.24) is 9.38 Å². The Hall–Kier alpha value is -8.80. The van der Waals surface area contributed by atoms with E-state index in [-0.39, 0.29) is 137 Å². The van der Waals surface area contributed by atoms with Gasteiger partial charge < -0.3 is 25.8 Å². The van der Waals surface area contributed by atoms with Crippen LogP contribution in [-0.2, 0) is 65.0 Å². The first-order chi connectivity index (χ1) is 43.9. The molecule has 0 aliphatic rings. The van der Waals surface area contributed by atoms with Crippen molar-refractivity contribution in [2.45, 2.75) is 73.5 Å². The van der Waals surface area contributed by atoms with Crippen LogP contribution in [0.1, 0.15) is 56.7 Å². The lowest BCUT2D eigenvalue weighted by Crippen LogP contribution is -2.09. The molecule has 7 rings (SSSR count). The molecule has 0 radical (unpaired) electrons. The van der Waals surface area contributed by atoms with Crippen LogP contribution in [0.2, 0.25) is 0 Å². The zero-order valence-corrected chi connectivity index (χ0v) is 55.2. The maximum absolute atomic E-state index is 12.9. The molecule has 0 spiro atoms. The van der Waals surface area contributed by atoms with Gasteiger partial charge in [0.2, 0.25) is 23.6 Å². The monoisotopic (exact) mass is 1430 g/mol. The Kier molecular flexibility index (Phi) is 23.2. The van der Waals surface area contributed by atoms with E-state index < -0.39 is 108 Å². The van der Waals surface area contributed by atoms with Crippen LogP contribution in [0, 0.1) is 25.2 Å². The molecule has 2 heterocycles. The zero-order chi connectivity index (χ0) is 69.3. The smallest absolute Gasteiger partial charge is 0.296 e. The molecule has 41 heteroatoms. The summed E-state index contributed by atoms with van der Waals surface area (Å²) in [5.74, 6) is -4.94. The third-order valence-corrected chi connectivity index (χ3v) is 18.9. The second kappa shape index (κ2) is 30.1. The SMILES string of the molecule is CC(=O)Nc1cc(N=Nc2cc(SCCCS(=O)(=O)O)c(N=Nc3cc(OCCCS(=O)(=O)O)c(N=Nc4c(C)c(C#N)c5nc6c(S(=O)(=O)O)ccc(C)c6n5c4O)cc3NC(C)=O)cc2NC(C)=O)c(SCCCS(=O)(=O)O)cc1N=Nc1ccc(S(=O)(=O)O)cc1. The molecule has 0 saturated heterocycles. The Balaban J connectivity index is 1.38. The highest BCUT2D eigenvalue weighted by Crippen LogP contribution is 2.47. The third-order valence-electron chi connectivity index (χ3n) is 12.5. The lowest BCUT2D eigenvalue weighted by molar-refractivity contribution is -0.115. The number of amides is 3. The summed E-state index contributed by atoms with van der Waals surface area (Å²) in [6.45, 7) is 5.95. The normalized spacial score (nSPS) is 12.6. The first kappa shape index (κ1) is 72.6. The minimum atomic E-state index is -4.88. The number of nitrogens with zero attached hydrogens (tertiary/aromatic N) is 11. The molecule has 34 nitrogen and oxygen atoms in total. The molecular weight excluding hydrogens is 1380 g/mol. The minimum absolute atomic E-state index is 0.000129. The summed E-state index contributed by atoms with van der Waals surface area (Å²) >= 11 is 1.98. The van der Waals surface area contributed by atoms with Crippen LogP contribution in [-0.4, -0.2) is 132 Å². The lowest BCUT2D eigenvalue weighted by atomic mass is 10.1. The van der Waals surface area contributed by atoms with Gasteiger partial charge in [-0.25, -0.2) is 4.98 Å². The Labute approximate surface area is 544 Å². The van der Waals surface area contributed by atoms with Gasteiger partial charge in [-0.05, 0) is 111 Å². The molecule has 9 N–H and O–H groups in total. The van der Waals surface area contributed by atoms with Gasteiger partial charge in [-0.1, -0.05) is 6.07 Å². The first-order valence-electron chi connectivity index (χ1n) is 26.8. The highest BCUT2D eigenvalue weighted by atomic mass is 32.2. The van der Waals surface area contributed by atoms with E-state index in [1.54, 1.807) is 6.92 Å². The van der Waals surface area contributed by atoms with E-state index in [0.29, 0.717) is 5.56 Å². The van der Waals surface area contributed by atoms with E-state index in [0.717, 1.165) is 60.0 Å². The van der Waals surface area contributed by atoms with Gasteiger partial charge in [0.15, 0.2) is 11.3 Å². The molecule has 0 atom stereocenters. The van der Waals surface area contributed by atoms with Crippen molar-refractivity contribution in [3.63, 3.8) is 0 Å². The summed E-state index contributed by atoms with van der Waals surface area (Å²) in [5.41, 5.74) is -1.54. The van der Waals surface area contributed by atoms with Gasteiger partial charge in [-0.15, -0.1) is 59.3 Å². The number of nitriles is 1. The number of aromatic hydroxyl groups is 1. The van der Waals surface area contributed by atoms with Gasteiger partial charge >= 0.3 is 0 Å². The topological polar surface area (TPSA) is 529 Å². The number of pyridine rings is 1. The summed E-state index contributed by atoms with van der Waals surface area (Å²) in [6, 6.07) is 16.7. The van der Waals surface area contributed by atoms with Crippen molar-refractivity contribution in [3.05, 3.63) is 89.5 Å². The van der Waals surface area contributed by atoms with Crippen LogP contribution in [0.3, 0.4) is 0 Å². The summed E-state index contributed by atoms with van der Waals surface area (Å²) in [4.78, 5) is 41.9. The van der Waals surface area contributed by atoms with E-state index in [2.05, 4.69) is 61.8 Å². The van der Waals surface area contributed by atoms with Crippen LogP contribution in [0.15, 0.2) is 133 Å². The summed E-state index contributed by atoms with van der Waals surface area (Å²) < 4.78 is 173. The molecule has 0 saturated carbocycles. The van der Waals surface area contributed by atoms with Crippen LogP contribution in [0.25, 0.3) is 16.7 Å². The molecule has 0 unspecified atom stereocenters. The predicted octanol–water partition coefficient (Wildman–Crippen LogP) is 11.1. The highest BCUT2D eigenvalue weighted by molar-refractivity contribution is 7.99. The number of hydrogen-bond acceptors (Lipinski definition) is 27. The van der Waals surface area contributed by atoms with Crippen molar-refractivity contribution in [1.29, 1.82) is 5.26 Å². The van der Waals surface area contributed by atoms with Crippen molar-refractivity contribution >= 4 is 171 Å². The Bertz CT molecular complexity index is 4960. The fraction of sp³-hybridized carbons (Fsp3) is 0.264. The second-order valence-corrected chi connectivity index (χ2v) is 29.7. The quantitative estimate of drug-likeness (QED) is 0.00952. The minimum Gasteiger partial charge on any atom is -0.493 e. The van der Waals surface area contributed by atoms with E-state index >= 15 is 0 Å². The van der Waals surface area contributed by atoms with Crippen molar-refractivity contribution < 1.29 is 89.1 Å². The van der Waals surface area contributed by atoms with E-state index in [4.69, 9.17) is 4.74 Å². The zero-order valence-electron chi connectivity index (χ0n) is 49.5. The second-order valence-electron chi connectivity index (χ2n) is 19.9. The predicted molar refractivity (Wildman–Crippen MR) is 344 cm³/mol. The molecular formula is C53H54N14O20S7. The van der Waals surface area contributed by atoms with Gasteiger partial charge in [0.1, 0.15) is 61.9 Å². The van der Waals surface area contributed by atoms with Gasteiger partial charge in [-0.2, -0.15) is 52.5 Å². The number of nitrogens with one attached hydrogen (secondary N) is 3. The molecule has 7 aromatic rings. The van der Waals surface area contributed by atoms with Gasteiger partial charge in [0, 0.05) is 42.2 Å². The number of ether oxygens (including phenoxy) is 1. The molecule has 498 valence electrons. The summed E-state index contributed by atoms with van der Waals surface area (Å²) in [6.07, 6.45) is -0.517. The number of fused-ring (bicyclic) bond motifs is 3. The van der Waals surface area contributed by atoms with Crippen LogP contribution in [0.5, 0.6) is 11.6 Å². The largest absolute Gasteiger partial charge is 0.493 e. The van der Waals surface area contributed by atoms with Crippen molar-refractivity contribution in [3.8, 4) is 17.7 Å². The first-order valence-corrected chi connectivity index (χ1v) is 36.5. The number of aromatic nitrogens is 2. The van der Waals surface area contributed by atoms with E-state index in [1.807, 2.05) is 6.07 Å². The Morgan fingerprint density at radius 2 is 1.02 bits per heavy atom. The fourth-order valence-electron chi connectivity index (χ4n) is 8.47. The van der Waals surface area contributed by atoms with Crippen LogP contribution in [0.4, 0.5) is 62.6 Å². The molecule has 0 fully saturated rings. The molecule has 0 aliphatic carbocycles. The molecule has 0 aliphatic heterocycles. The molecule has 3 amide bonds.